The number of likely N-dealkylation sites (tertiary alicyclic amines) is 1. The number of nitrogens with zero attached hydrogens (tertiary/aromatic N) is 2. The van der Waals surface area contributed by atoms with Gasteiger partial charge in [-0.15, -0.1) is 11.3 Å². The van der Waals surface area contributed by atoms with E-state index in [0.717, 1.165) is 37.6 Å². The summed E-state index contributed by atoms with van der Waals surface area (Å²) in [6, 6.07) is 2.34. The highest BCUT2D eigenvalue weighted by molar-refractivity contribution is 7.14. The Morgan fingerprint density at radius 2 is 2.12 bits per heavy atom. The first-order valence-corrected chi connectivity index (χ1v) is 9.95. The number of fused-ring (bicyclic) bond motifs is 1. The van der Waals surface area contributed by atoms with Crippen LogP contribution in [0.3, 0.4) is 0 Å². The van der Waals surface area contributed by atoms with E-state index >= 15 is 0 Å². The zero-order valence-corrected chi connectivity index (χ0v) is 15.7. The van der Waals surface area contributed by atoms with E-state index in [9.17, 15) is 4.79 Å². The van der Waals surface area contributed by atoms with Crippen LogP contribution >= 0.6 is 11.3 Å². The van der Waals surface area contributed by atoms with Crippen LogP contribution in [0.1, 0.15) is 43.6 Å². The number of thiophene rings is 1. The maximum absolute atomic E-state index is 12.1. The summed E-state index contributed by atoms with van der Waals surface area (Å²) in [5.74, 6) is 0. The molecule has 1 saturated heterocycles. The second-order valence-corrected chi connectivity index (χ2v) is 8.14. The average molecular weight is 352 g/mol. The molecule has 6 heteroatoms. The van der Waals surface area contributed by atoms with E-state index in [4.69, 9.17) is 4.74 Å². The molecule has 0 bridgehead atoms. The van der Waals surface area contributed by atoms with E-state index in [1.807, 2.05) is 18.7 Å². The van der Waals surface area contributed by atoms with Gasteiger partial charge in [0.25, 0.3) is 0 Å². The largest absolute Gasteiger partial charge is 0.484 e. The van der Waals surface area contributed by atoms with Crippen LogP contribution in [0, 0.1) is 0 Å². The molecule has 24 heavy (non-hydrogen) atoms. The van der Waals surface area contributed by atoms with E-state index in [-0.39, 0.29) is 12.1 Å². The Labute approximate surface area is 149 Å². The summed E-state index contributed by atoms with van der Waals surface area (Å²) in [6.45, 7) is 9.91. The van der Waals surface area contributed by atoms with E-state index in [2.05, 4.69) is 16.3 Å². The third-order valence-electron chi connectivity index (χ3n) is 4.61. The Balaban J connectivity index is 1.45. The van der Waals surface area contributed by atoms with Gasteiger partial charge in [0.15, 0.2) is 5.06 Å². The number of hydrogen-bond donors (Lipinski definition) is 1. The van der Waals surface area contributed by atoms with Crippen LogP contribution < -0.4 is 10.1 Å². The van der Waals surface area contributed by atoms with Crippen molar-refractivity contribution in [1.82, 2.24) is 15.1 Å². The van der Waals surface area contributed by atoms with Crippen molar-refractivity contribution in [3.63, 3.8) is 0 Å². The summed E-state index contributed by atoms with van der Waals surface area (Å²) in [5, 5.41) is 3.98. The number of nitrogens with one attached hydrogen (secondary N) is 1. The van der Waals surface area contributed by atoms with Crippen LogP contribution in [-0.4, -0.2) is 54.7 Å². The maximum Gasteiger partial charge on any atom is 0.317 e. The number of rotatable bonds is 6. The molecular formula is C18H29N3O2S. The van der Waals surface area contributed by atoms with Crippen molar-refractivity contribution in [2.24, 2.45) is 0 Å². The SMILES string of the molecule is CC(C)NC(=O)N1CCc2sc(OCCCN3CCCC3)cc2C1. The van der Waals surface area contributed by atoms with E-state index < -0.39 is 0 Å². The molecule has 1 N–H and O–H groups in total. The first-order chi connectivity index (χ1) is 11.6. The van der Waals surface area contributed by atoms with Crippen LogP contribution in [0.25, 0.3) is 0 Å². The highest BCUT2D eigenvalue weighted by Gasteiger charge is 2.23. The van der Waals surface area contributed by atoms with Crippen LogP contribution in [0.5, 0.6) is 5.06 Å². The minimum Gasteiger partial charge on any atom is -0.484 e. The third kappa shape index (κ3) is 4.63. The predicted octanol–water partition coefficient (Wildman–Crippen LogP) is 3.09. The van der Waals surface area contributed by atoms with Crippen LogP contribution in [0.15, 0.2) is 6.07 Å². The van der Waals surface area contributed by atoms with Gasteiger partial charge in [-0.25, -0.2) is 4.79 Å². The molecule has 5 nitrogen and oxygen atoms in total. The monoisotopic (exact) mass is 351 g/mol. The van der Waals surface area contributed by atoms with Gasteiger partial charge in [-0.1, -0.05) is 0 Å². The van der Waals surface area contributed by atoms with Gasteiger partial charge in [-0.05, 0) is 64.3 Å². The van der Waals surface area contributed by atoms with Crippen molar-refractivity contribution < 1.29 is 9.53 Å². The topological polar surface area (TPSA) is 44.8 Å². The molecule has 1 aromatic heterocycles. The first-order valence-electron chi connectivity index (χ1n) is 9.14. The van der Waals surface area contributed by atoms with Crippen LogP contribution in [-0.2, 0) is 13.0 Å². The lowest BCUT2D eigenvalue weighted by Gasteiger charge is -2.27. The van der Waals surface area contributed by atoms with Crippen LogP contribution in [0.4, 0.5) is 4.79 Å². The highest BCUT2D eigenvalue weighted by atomic mass is 32.1. The lowest BCUT2D eigenvalue weighted by atomic mass is 10.1. The number of ether oxygens (including phenoxy) is 1. The molecule has 1 aromatic rings. The fourth-order valence-electron chi connectivity index (χ4n) is 3.36. The number of urea groups is 1. The second-order valence-electron chi connectivity index (χ2n) is 7.04. The molecule has 0 radical (unpaired) electrons. The fraction of sp³-hybridized carbons (Fsp3) is 0.722. The Bertz CT molecular complexity index is 552. The van der Waals surface area contributed by atoms with Crippen molar-refractivity contribution in [2.45, 2.75) is 52.1 Å². The van der Waals surface area contributed by atoms with Gasteiger partial charge < -0.3 is 19.9 Å². The Hall–Kier alpha value is -1.27. The Kier molecular flexibility index (Phi) is 6.00. The van der Waals surface area contributed by atoms with Crippen molar-refractivity contribution in [2.75, 3.05) is 32.8 Å². The Morgan fingerprint density at radius 3 is 2.88 bits per heavy atom. The van der Waals surface area contributed by atoms with Gasteiger partial charge in [0.05, 0.1) is 6.61 Å². The zero-order valence-electron chi connectivity index (χ0n) is 14.8. The van der Waals surface area contributed by atoms with Gasteiger partial charge in [0, 0.05) is 30.6 Å². The van der Waals surface area contributed by atoms with Gasteiger partial charge in [-0.3, -0.25) is 0 Å². The Morgan fingerprint density at radius 1 is 1.33 bits per heavy atom. The summed E-state index contributed by atoms with van der Waals surface area (Å²) >= 11 is 1.75. The number of hydrogen-bond acceptors (Lipinski definition) is 4. The highest BCUT2D eigenvalue weighted by Crippen LogP contribution is 2.33. The van der Waals surface area contributed by atoms with Crippen molar-refractivity contribution >= 4 is 17.4 Å². The second kappa shape index (κ2) is 8.21. The summed E-state index contributed by atoms with van der Waals surface area (Å²) in [7, 11) is 0. The molecule has 3 rings (SSSR count). The van der Waals surface area contributed by atoms with Crippen molar-refractivity contribution in [1.29, 1.82) is 0 Å². The normalized spacial score (nSPS) is 18.0. The molecular weight excluding hydrogens is 322 g/mol. The summed E-state index contributed by atoms with van der Waals surface area (Å²) in [5.41, 5.74) is 1.25. The molecule has 0 atom stereocenters. The van der Waals surface area contributed by atoms with Gasteiger partial charge in [0.1, 0.15) is 0 Å². The molecule has 2 amide bonds. The van der Waals surface area contributed by atoms with Crippen molar-refractivity contribution in [3.8, 4) is 5.06 Å². The predicted molar refractivity (Wildman–Crippen MR) is 97.9 cm³/mol. The number of amides is 2. The number of carbonyl (C=O) groups excluding carboxylic acids is 1. The molecule has 0 unspecified atom stereocenters. The summed E-state index contributed by atoms with van der Waals surface area (Å²) in [6.07, 6.45) is 4.72. The molecule has 1 fully saturated rings. The van der Waals surface area contributed by atoms with Gasteiger partial charge in [0.2, 0.25) is 0 Å². The molecule has 0 aliphatic carbocycles. The summed E-state index contributed by atoms with van der Waals surface area (Å²) < 4.78 is 5.95. The standard InChI is InChI=1S/C18H29N3O2S/c1-14(2)19-18(22)21-10-6-16-15(13-21)12-17(24-16)23-11-5-9-20-7-3-4-8-20/h12,14H,3-11,13H2,1-2H3,(H,19,22). The quantitative estimate of drug-likeness (QED) is 0.801. The molecule has 2 aliphatic heterocycles. The van der Waals surface area contributed by atoms with Gasteiger partial charge >= 0.3 is 6.03 Å². The zero-order chi connectivity index (χ0) is 16.9. The van der Waals surface area contributed by atoms with Gasteiger partial charge in [-0.2, -0.15) is 0 Å². The van der Waals surface area contributed by atoms with E-state index in [1.54, 1.807) is 11.3 Å². The minimum atomic E-state index is 0.0370. The van der Waals surface area contributed by atoms with E-state index in [0.29, 0.717) is 6.54 Å². The number of carbonyl (C=O) groups is 1. The smallest absolute Gasteiger partial charge is 0.317 e. The molecule has 0 aromatic carbocycles. The fourth-order valence-corrected chi connectivity index (χ4v) is 4.39. The maximum atomic E-state index is 12.1. The van der Waals surface area contributed by atoms with Crippen molar-refractivity contribution in [3.05, 3.63) is 16.5 Å². The third-order valence-corrected chi connectivity index (χ3v) is 5.75. The lowest BCUT2D eigenvalue weighted by molar-refractivity contribution is 0.190. The molecule has 134 valence electrons. The molecule has 0 saturated carbocycles. The minimum absolute atomic E-state index is 0.0370. The molecule has 3 heterocycles. The first kappa shape index (κ1) is 17.5. The molecule has 0 spiro atoms. The average Bonchev–Trinajstić information content (AvgIpc) is 3.19. The summed E-state index contributed by atoms with van der Waals surface area (Å²) in [4.78, 5) is 17.9. The van der Waals surface area contributed by atoms with Crippen LogP contribution in [0.2, 0.25) is 0 Å². The molecule has 2 aliphatic rings. The van der Waals surface area contributed by atoms with E-state index in [1.165, 1.54) is 36.4 Å². The lowest BCUT2D eigenvalue weighted by Crippen LogP contribution is -2.44.